The summed E-state index contributed by atoms with van der Waals surface area (Å²) in [6, 6.07) is 7.85. The second-order valence-electron chi connectivity index (χ2n) is 4.93. The van der Waals surface area contributed by atoms with Gasteiger partial charge in [-0.3, -0.25) is 4.72 Å². The van der Waals surface area contributed by atoms with Crippen LogP contribution >= 0.6 is 0 Å². The highest BCUT2D eigenvalue weighted by atomic mass is 32.2. The number of hydrogen-bond donors (Lipinski definition) is 2. The monoisotopic (exact) mass is 299 g/mol. The second kappa shape index (κ2) is 7.61. The first kappa shape index (κ1) is 16.9. The van der Waals surface area contributed by atoms with Gasteiger partial charge in [-0.1, -0.05) is 39.8 Å². The summed E-state index contributed by atoms with van der Waals surface area (Å²) < 4.78 is 28.3. The summed E-state index contributed by atoms with van der Waals surface area (Å²) in [5.74, 6) is 0. The van der Waals surface area contributed by atoms with Crippen LogP contribution in [0, 0.1) is 0 Å². The van der Waals surface area contributed by atoms with Crippen molar-refractivity contribution in [3.63, 3.8) is 0 Å². The molecule has 0 fully saturated rings. The topological polar surface area (TPSA) is 61.4 Å². The SMILES string of the molecule is CCN(CC)S(=O)(=O)Nc1cccc(CNC(C)C)c1. The van der Waals surface area contributed by atoms with Crippen LogP contribution in [0.1, 0.15) is 33.3 Å². The molecule has 0 aromatic heterocycles. The standard InChI is InChI=1S/C14H25N3O2S/c1-5-17(6-2)20(18,19)16-14-9-7-8-13(10-14)11-15-12(3)4/h7-10,12,15-16H,5-6,11H2,1-4H3. The van der Waals surface area contributed by atoms with E-state index in [-0.39, 0.29) is 0 Å². The minimum Gasteiger partial charge on any atom is -0.310 e. The van der Waals surface area contributed by atoms with Gasteiger partial charge in [0, 0.05) is 25.7 Å². The summed E-state index contributed by atoms with van der Waals surface area (Å²) in [6.45, 7) is 9.44. The van der Waals surface area contributed by atoms with Crippen molar-refractivity contribution in [1.82, 2.24) is 9.62 Å². The number of benzene rings is 1. The van der Waals surface area contributed by atoms with E-state index in [9.17, 15) is 8.42 Å². The highest BCUT2D eigenvalue weighted by Crippen LogP contribution is 2.14. The quantitative estimate of drug-likeness (QED) is 0.773. The van der Waals surface area contributed by atoms with Crippen molar-refractivity contribution in [2.75, 3.05) is 17.8 Å². The third-order valence-corrected chi connectivity index (χ3v) is 4.62. The Kier molecular flexibility index (Phi) is 6.45. The maximum absolute atomic E-state index is 12.1. The van der Waals surface area contributed by atoms with Gasteiger partial charge < -0.3 is 5.32 Å². The van der Waals surface area contributed by atoms with Gasteiger partial charge in [-0.2, -0.15) is 12.7 Å². The smallest absolute Gasteiger partial charge is 0.301 e. The van der Waals surface area contributed by atoms with Crippen molar-refractivity contribution in [3.05, 3.63) is 29.8 Å². The Bertz CT molecular complexity index is 511. The van der Waals surface area contributed by atoms with E-state index in [0.717, 1.165) is 12.1 Å². The Morgan fingerprint density at radius 3 is 2.40 bits per heavy atom. The molecule has 0 saturated heterocycles. The van der Waals surface area contributed by atoms with E-state index >= 15 is 0 Å². The second-order valence-corrected chi connectivity index (χ2v) is 6.60. The molecule has 0 aliphatic rings. The minimum atomic E-state index is -3.46. The van der Waals surface area contributed by atoms with Gasteiger partial charge >= 0.3 is 10.2 Å². The highest BCUT2D eigenvalue weighted by molar-refractivity contribution is 7.90. The van der Waals surface area contributed by atoms with Gasteiger partial charge in [-0.05, 0) is 17.7 Å². The third-order valence-electron chi connectivity index (χ3n) is 2.93. The molecule has 20 heavy (non-hydrogen) atoms. The van der Waals surface area contributed by atoms with Gasteiger partial charge in [0.05, 0.1) is 5.69 Å². The van der Waals surface area contributed by atoms with Crippen LogP contribution in [0.15, 0.2) is 24.3 Å². The molecule has 0 spiro atoms. The molecule has 0 aliphatic carbocycles. The highest BCUT2D eigenvalue weighted by Gasteiger charge is 2.18. The van der Waals surface area contributed by atoms with E-state index in [1.54, 1.807) is 6.07 Å². The largest absolute Gasteiger partial charge is 0.310 e. The zero-order chi connectivity index (χ0) is 15.2. The van der Waals surface area contributed by atoms with Crippen LogP contribution in [0.4, 0.5) is 5.69 Å². The lowest BCUT2D eigenvalue weighted by Crippen LogP contribution is -2.35. The van der Waals surface area contributed by atoms with Crippen LogP contribution in [0.2, 0.25) is 0 Å². The summed E-state index contributed by atoms with van der Waals surface area (Å²) in [5.41, 5.74) is 1.65. The molecule has 0 atom stereocenters. The summed E-state index contributed by atoms with van der Waals surface area (Å²) >= 11 is 0. The van der Waals surface area contributed by atoms with E-state index in [1.165, 1.54) is 4.31 Å². The molecular weight excluding hydrogens is 274 g/mol. The van der Waals surface area contributed by atoms with Crippen LogP contribution in [-0.2, 0) is 16.8 Å². The molecule has 1 rings (SSSR count). The first-order chi connectivity index (χ1) is 9.39. The molecule has 1 aromatic rings. The van der Waals surface area contributed by atoms with E-state index in [0.29, 0.717) is 24.8 Å². The average Bonchev–Trinajstić information content (AvgIpc) is 2.37. The van der Waals surface area contributed by atoms with Crippen molar-refractivity contribution in [3.8, 4) is 0 Å². The number of nitrogens with zero attached hydrogens (tertiary/aromatic N) is 1. The first-order valence-corrected chi connectivity index (χ1v) is 8.43. The van der Waals surface area contributed by atoms with Crippen LogP contribution in [0.3, 0.4) is 0 Å². The molecule has 6 heteroatoms. The van der Waals surface area contributed by atoms with Gasteiger partial charge in [-0.25, -0.2) is 0 Å². The molecule has 0 unspecified atom stereocenters. The zero-order valence-electron chi connectivity index (χ0n) is 12.7. The molecular formula is C14H25N3O2S. The molecule has 0 saturated carbocycles. The Labute approximate surface area is 122 Å². The number of hydrogen-bond acceptors (Lipinski definition) is 3. The molecule has 0 amide bonds. The Balaban J connectivity index is 2.80. The lowest BCUT2D eigenvalue weighted by Gasteiger charge is -2.19. The fourth-order valence-electron chi connectivity index (χ4n) is 1.84. The fourth-order valence-corrected chi connectivity index (χ4v) is 3.08. The van der Waals surface area contributed by atoms with Crippen molar-refractivity contribution in [2.45, 2.75) is 40.3 Å². The van der Waals surface area contributed by atoms with Gasteiger partial charge in [0.15, 0.2) is 0 Å². The van der Waals surface area contributed by atoms with Crippen LogP contribution in [0.25, 0.3) is 0 Å². The molecule has 0 bridgehead atoms. The van der Waals surface area contributed by atoms with Gasteiger partial charge in [0.1, 0.15) is 0 Å². The molecule has 0 heterocycles. The number of rotatable bonds is 8. The Morgan fingerprint density at radius 1 is 1.20 bits per heavy atom. The molecule has 2 N–H and O–H groups in total. The average molecular weight is 299 g/mol. The molecule has 0 aliphatic heterocycles. The first-order valence-electron chi connectivity index (χ1n) is 6.99. The van der Waals surface area contributed by atoms with E-state index in [2.05, 4.69) is 23.9 Å². The summed E-state index contributed by atoms with van der Waals surface area (Å²) in [6.07, 6.45) is 0. The molecule has 1 aromatic carbocycles. The van der Waals surface area contributed by atoms with Crippen molar-refractivity contribution in [1.29, 1.82) is 0 Å². The molecule has 114 valence electrons. The summed E-state index contributed by atoms with van der Waals surface area (Å²) in [7, 11) is -3.46. The minimum absolute atomic E-state index is 0.394. The maximum atomic E-state index is 12.1. The van der Waals surface area contributed by atoms with E-state index in [4.69, 9.17) is 0 Å². The van der Waals surface area contributed by atoms with Crippen molar-refractivity contribution >= 4 is 15.9 Å². The summed E-state index contributed by atoms with van der Waals surface area (Å²) in [4.78, 5) is 0. The summed E-state index contributed by atoms with van der Waals surface area (Å²) in [5, 5.41) is 3.31. The van der Waals surface area contributed by atoms with Crippen LogP contribution < -0.4 is 10.0 Å². The maximum Gasteiger partial charge on any atom is 0.301 e. The van der Waals surface area contributed by atoms with Gasteiger partial charge in [0.25, 0.3) is 0 Å². The van der Waals surface area contributed by atoms with Crippen LogP contribution in [0.5, 0.6) is 0 Å². The molecule has 5 nitrogen and oxygen atoms in total. The number of nitrogens with one attached hydrogen (secondary N) is 2. The predicted molar refractivity (Wildman–Crippen MR) is 83.9 cm³/mol. The lowest BCUT2D eigenvalue weighted by atomic mass is 10.2. The third kappa shape index (κ3) is 5.11. The zero-order valence-corrected chi connectivity index (χ0v) is 13.5. The lowest BCUT2D eigenvalue weighted by molar-refractivity contribution is 0.449. The Morgan fingerprint density at radius 2 is 1.85 bits per heavy atom. The van der Waals surface area contributed by atoms with Crippen LogP contribution in [-0.4, -0.2) is 31.9 Å². The van der Waals surface area contributed by atoms with Crippen molar-refractivity contribution in [2.24, 2.45) is 0 Å². The fraction of sp³-hybridized carbons (Fsp3) is 0.571. The number of anilines is 1. The van der Waals surface area contributed by atoms with Gasteiger partial charge in [0.2, 0.25) is 0 Å². The normalized spacial score (nSPS) is 12.1. The van der Waals surface area contributed by atoms with E-state index in [1.807, 2.05) is 32.0 Å². The Hall–Kier alpha value is -1.11. The predicted octanol–water partition coefficient (Wildman–Crippen LogP) is 2.18. The van der Waals surface area contributed by atoms with E-state index < -0.39 is 10.2 Å². The van der Waals surface area contributed by atoms with Gasteiger partial charge in [-0.15, -0.1) is 0 Å². The van der Waals surface area contributed by atoms with Crippen molar-refractivity contribution < 1.29 is 8.42 Å². The molecule has 0 radical (unpaired) electrons.